The first-order valence-corrected chi connectivity index (χ1v) is 13.1. The van der Waals surface area contributed by atoms with Crippen molar-refractivity contribution < 1.29 is 27.2 Å². The third-order valence-electron chi connectivity index (χ3n) is 5.34. The van der Waals surface area contributed by atoms with Gasteiger partial charge in [0, 0.05) is 61.6 Å². The molecule has 38 heavy (non-hydrogen) atoms. The van der Waals surface area contributed by atoms with Crippen LogP contribution in [-0.2, 0) is 26.2 Å². The first-order chi connectivity index (χ1) is 17.7. The SMILES string of the molecule is CCS(=O)(=O)NCCON=C1CCN(c2ncc(-c3cccc(COC(=O)NC(=N)N)c3F)cn2)CC1.Cl. The van der Waals surface area contributed by atoms with Gasteiger partial charge >= 0.3 is 6.09 Å². The minimum Gasteiger partial charge on any atom is -0.444 e. The number of halogens is 2. The van der Waals surface area contributed by atoms with Gasteiger partial charge in [-0.1, -0.05) is 23.4 Å². The van der Waals surface area contributed by atoms with E-state index in [1.54, 1.807) is 19.1 Å². The van der Waals surface area contributed by atoms with E-state index in [0.717, 1.165) is 5.71 Å². The minimum atomic E-state index is -3.25. The lowest BCUT2D eigenvalue weighted by atomic mass is 10.1. The Labute approximate surface area is 226 Å². The second-order valence-corrected chi connectivity index (χ2v) is 10.0. The lowest BCUT2D eigenvalue weighted by molar-refractivity contribution is 0.143. The van der Waals surface area contributed by atoms with Crippen molar-refractivity contribution in [1.82, 2.24) is 20.0 Å². The summed E-state index contributed by atoms with van der Waals surface area (Å²) in [5.74, 6) is -0.633. The maximum absolute atomic E-state index is 15.0. The van der Waals surface area contributed by atoms with Gasteiger partial charge < -0.3 is 20.2 Å². The number of benzene rings is 1. The maximum atomic E-state index is 15.0. The van der Waals surface area contributed by atoms with Crippen LogP contribution < -0.4 is 20.7 Å². The number of oxime groups is 1. The highest BCUT2D eigenvalue weighted by Crippen LogP contribution is 2.25. The van der Waals surface area contributed by atoms with Crippen LogP contribution in [0.5, 0.6) is 0 Å². The van der Waals surface area contributed by atoms with Crippen LogP contribution in [0.1, 0.15) is 25.3 Å². The lowest BCUT2D eigenvalue weighted by Gasteiger charge is -2.27. The topological polar surface area (TPSA) is 185 Å². The third-order valence-corrected chi connectivity index (χ3v) is 6.74. The van der Waals surface area contributed by atoms with Crippen LogP contribution in [0, 0.1) is 11.2 Å². The first kappa shape index (κ1) is 30.7. The number of aromatic nitrogens is 2. The molecule has 1 aliphatic rings. The molecular formula is C22H30ClFN8O5S. The van der Waals surface area contributed by atoms with Gasteiger partial charge in [-0.25, -0.2) is 32.3 Å². The largest absolute Gasteiger partial charge is 0.444 e. The van der Waals surface area contributed by atoms with Crippen LogP contribution in [0.15, 0.2) is 35.7 Å². The van der Waals surface area contributed by atoms with E-state index in [1.165, 1.54) is 18.5 Å². The summed E-state index contributed by atoms with van der Waals surface area (Å²) in [6.07, 6.45) is 3.38. The number of hydrogen-bond acceptors (Lipinski definition) is 10. The van der Waals surface area contributed by atoms with Crippen LogP contribution in [0.25, 0.3) is 11.1 Å². The number of carbonyl (C=O) groups is 1. The van der Waals surface area contributed by atoms with Crippen molar-refractivity contribution in [3.8, 4) is 11.1 Å². The summed E-state index contributed by atoms with van der Waals surface area (Å²) in [7, 11) is -3.25. The Morgan fingerprint density at radius 1 is 1.26 bits per heavy atom. The molecule has 1 fully saturated rings. The lowest BCUT2D eigenvalue weighted by Crippen LogP contribution is -2.36. The third kappa shape index (κ3) is 9.08. The van der Waals surface area contributed by atoms with Crippen molar-refractivity contribution in [2.24, 2.45) is 10.9 Å². The molecule has 0 spiro atoms. The van der Waals surface area contributed by atoms with Gasteiger partial charge in [0.1, 0.15) is 19.0 Å². The molecule has 16 heteroatoms. The number of carbonyl (C=O) groups excluding carboxylic acids is 1. The number of nitrogens with zero attached hydrogens (tertiary/aromatic N) is 4. The van der Waals surface area contributed by atoms with Crippen LogP contribution in [0.4, 0.5) is 15.1 Å². The Hall–Kier alpha value is -3.56. The van der Waals surface area contributed by atoms with Gasteiger partial charge in [0.25, 0.3) is 0 Å². The Balaban J connectivity index is 0.00000507. The summed E-state index contributed by atoms with van der Waals surface area (Å²) in [4.78, 5) is 27.4. The van der Waals surface area contributed by atoms with E-state index in [-0.39, 0.29) is 49.0 Å². The molecule has 0 radical (unpaired) electrons. The number of hydrogen-bond donors (Lipinski definition) is 4. The first-order valence-electron chi connectivity index (χ1n) is 11.5. The molecule has 0 unspecified atom stereocenters. The number of guanidine groups is 1. The molecule has 0 atom stereocenters. The van der Waals surface area contributed by atoms with Crippen molar-refractivity contribution in [2.45, 2.75) is 26.4 Å². The van der Waals surface area contributed by atoms with Gasteiger partial charge in [0.2, 0.25) is 16.0 Å². The number of ether oxygens (including phenoxy) is 1. The molecule has 1 aromatic heterocycles. The number of rotatable bonds is 10. The highest BCUT2D eigenvalue weighted by Gasteiger charge is 2.19. The molecule has 1 saturated heterocycles. The monoisotopic (exact) mass is 572 g/mol. The molecule has 2 aromatic rings. The fourth-order valence-corrected chi connectivity index (χ4v) is 3.96. The van der Waals surface area contributed by atoms with E-state index in [1.807, 2.05) is 10.2 Å². The standard InChI is InChI=1S/C22H29FN8O5S.ClH/c1-2-37(33,34)28-8-11-36-30-17-6-9-31(10-7-17)21-26-12-16(13-27-21)18-5-3-4-15(19(18)23)14-35-22(32)29-20(24)25;/h3-5,12-13,28H,2,6-11,14H2,1H3,(H4,24,25,29,32);1H. The number of nitrogens with one attached hydrogen (secondary N) is 3. The minimum absolute atomic E-state index is 0. The number of sulfonamides is 1. The Kier molecular flexibility index (Phi) is 11.6. The van der Waals surface area contributed by atoms with Gasteiger partial charge in [0.15, 0.2) is 5.96 Å². The predicted octanol–water partition coefficient (Wildman–Crippen LogP) is 1.74. The fraction of sp³-hybridized carbons (Fsp3) is 0.409. The van der Waals surface area contributed by atoms with Crippen LogP contribution >= 0.6 is 12.4 Å². The number of piperidine rings is 1. The summed E-state index contributed by atoms with van der Waals surface area (Å²) in [6, 6.07) is 4.68. The zero-order chi connectivity index (χ0) is 26.8. The van der Waals surface area contributed by atoms with Crippen molar-refractivity contribution >= 4 is 46.1 Å². The molecule has 13 nitrogen and oxygen atoms in total. The fourth-order valence-electron chi connectivity index (χ4n) is 3.37. The van der Waals surface area contributed by atoms with Gasteiger partial charge in [-0.15, -0.1) is 12.4 Å². The van der Waals surface area contributed by atoms with E-state index < -0.39 is 27.9 Å². The molecule has 1 aromatic carbocycles. The van der Waals surface area contributed by atoms with Crippen molar-refractivity contribution in [1.29, 1.82) is 5.41 Å². The van der Waals surface area contributed by atoms with Crippen molar-refractivity contribution in [3.05, 3.63) is 42.0 Å². The molecule has 3 rings (SSSR count). The quantitative estimate of drug-likeness (QED) is 0.142. The van der Waals surface area contributed by atoms with Crippen LogP contribution in [-0.4, -0.2) is 68.1 Å². The van der Waals surface area contributed by atoms with Crippen molar-refractivity contribution in [3.63, 3.8) is 0 Å². The molecular weight excluding hydrogens is 543 g/mol. The summed E-state index contributed by atoms with van der Waals surface area (Å²) in [5.41, 5.74) is 6.79. The smallest absolute Gasteiger partial charge is 0.414 e. The normalized spacial score (nSPS) is 13.3. The second-order valence-electron chi connectivity index (χ2n) is 7.94. The summed E-state index contributed by atoms with van der Waals surface area (Å²) in [6.45, 7) is 2.76. The maximum Gasteiger partial charge on any atom is 0.414 e. The van der Waals surface area contributed by atoms with E-state index in [0.29, 0.717) is 37.4 Å². The molecule has 2 heterocycles. The molecule has 0 aliphatic carbocycles. The molecule has 1 amide bonds. The molecule has 0 saturated carbocycles. The van der Waals surface area contributed by atoms with Crippen molar-refractivity contribution in [2.75, 3.05) is 36.9 Å². The number of alkyl carbamates (subject to hydrolysis) is 1. The molecule has 208 valence electrons. The van der Waals surface area contributed by atoms with E-state index >= 15 is 0 Å². The van der Waals surface area contributed by atoms with Gasteiger partial charge in [0.05, 0.1) is 11.5 Å². The second kappa shape index (κ2) is 14.4. The average Bonchev–Trinajstić information content (AvgIpc) is 2.88. The van der Waals surface area contributed by atoms with E-state index in [9.17, 15) is 17.6 Å². The Morgan fingerprint density at radius 2 is 1.95 bits per heavy atom. The van der Waals surface area contributed by atoms with Gasteiger partial charge in [-0.05, 0) is 6.92 Å². The molecule has 1 aliphatic heterocycles. The zero-order valence-electron chi connectivity index (χ0n) is 20.6. The molecule has 5 N–H and O–H groups in total. The number of amides is 1. The summed E-state index contributed by atoms with van der Waals surface area (Å²) in [5, 5.41) is 13.1. The zero-order valence-corrected chi connectivity index (χ0v) is 22.3. The van der Waals surface area contributed by atoms with E-state index in [4.69, 9.17) is 20.7 Å². The summed E-state index contributed by atoms with van der Waals surface area (Å²) >= 11 is 0. The summed E-state index contributed by atoms with van der Waals surface area (Å²) < 4.78 is 45.0. The van der Waals surface area contributed by atoms with Crippen LogP contribution in [0.3, 0.4) is 0 Å². The Bertz CT molecular complexity index is 1240. The highest BCUT2D eigenvalue weighted by atomic mass is 35.5. The Morgan fingerprint density at radius 3 is 2.58 bits per heavy atom. The average molecular weight is 573 g/mol. The molecule has 0 bridgehead atoms. The van der Waals surface area contributed by atoms with E-state index in [2.05, 4.69) is 19.8 Å². The number of nitrogens with two attached hydrogens (primary N) is 1. The predicted molar refractivity (Wildman–Crippen MR) is 142 cm³/mol. The number of anilines is 1. The van der Waals surface area contributed by atoms with Gasteiger partial charge in [-0.2, -0.15) is 0 Å². The highest BCUT2D eigenvalue weighted by molar-refractivity contribution is 7.89. The van der Waals surface area contributed by atoms with Gasteiger partial charge in [-0.3, -0.25) is 10.7 Å². The van der Waals surface area contributed by atoms with Crippen LogP contribution in [0.2, 0.25) is 0 Å².